The molecule has 0 unspecified atom stereocenters. The monoisotopic (exact) mass is 274 g/mol. The van der Waals surface area contributed by atoms with Gasteiger partial charge in [0.05, 0.1) is 5.69 Å². The molecule has 2 aromatic heterocycles. The lowest BCUT2D eigenvalue weighted by Gasteiger charge is -2.09. The maximum atomic E-state index is 6.02. The first kappa shape index (κ1) is 13.8. The molecule has 0 radical (unpaired) electrons. The Morgan fingerprint density at radius 1 is 1.11 bits per heavy atom. The van der Waals surface area contributed by atoms with Gasteiger partial charge >= 0.3 is 0 Å². The van der Waals surface area contributed by atoms with Crippen LogP contribution >= 0.6 is 11.8 Å². The standard InChI is InChI=1S/C14H18N4S/c1-8-6-16-12(11(4)13(8)15)7-19-14-17-9(2)5-10(3)18-14/h5-6H,7H2,1-4H3,(H2,15,16). The van der Waals surface area contributed by atoms with E-state index in [0.717, 1.165) is 44.8 Å². The predicted octanol–water partition coefficient (Wildman–Crippen LogP) is 2.98. The third kappa shape index (κ3) is 3.23. The fourth-order valence-electron chi connectivity index (χ4n) is 1.83. The van der Waals surface area contributed by atoms with Gasteiger partial charge in [-0.25, -0.2) is 9.97 Å². The van der Waals surface area contributed by atoms with Crippen molar-refractivity contribution in [2.24, 2.45) is 0 Å². The number of aromatic nitrogens is 3. The fraction of sp³-hybridized carbons (Fsp3) is 0.357. The van der Waals surface area contributed by atoms with Crippen LogP contribution in [0.15, 0.2) is 17.4 Å². The number of nitrogen functional groups attached to an aromatic ring is 1. The Balaban J connectivity index is 2.17. The molecule has 100 valence electrons. The van der Waals surface area contributed by atoms with Crippen molar-refractivity contribution in [2.45, 2.75) is 38.6 Å². The van der Waals surface area contributed by atoms with Gasteiger partial charge in [-0.15, -0.1) is 0 Å². The summed E-state index contributed by atoms with van der Waals surface area (Å²) < 4.78 is 0. The number of rotatable bonds is 3. The van der Waals surface area contributed by atoms with Crippen molar-refractivity contribution >= 4 is 17.4 Å². The van der Waals surface area contributed by atoms with Crippen molar-refractivity contribution in [3.63, 3.8) is 0 Å². The molecule has 0 aliphatic heterocycles. The lowest BCUT2D eigenvalue weighted by molar-refractivity contribution is 0.900. The molecule has 0 spiro atoms. The second-order valence-corrected chi connectivity index (χ2v) is 5.59. The molecule has 0 aromatic carbocycles. The van der Waals surface area contributed by atoms with E-state index in [1.807, 2.05) is 40.0 Å². The van der Waals surface area contributed by atoms with E-state index in [4.69, 9.17) is 5.73 Å². The van der Waals surface area contributed by atoms with E-state index in [0.29, 0.717) is 0 Å². The van der Waals surface area contributed by atoms with Crippen LogP contribution in [0.2, 0.25) is 0 Å². The number of hydrogen-bond acceptors (Lipinski definition) is 5. The lowest BCUT2D eigenvalue weighted by Crippen LogP contribution is -2.01. The van der Waals surface area contributed by atoms with E-state index in [1.165, 1.54) is 0 Å². The SMILES string of the molecule is Cc1cc(C)nc(SCc2ncc(C)c(N)c2C)n1. The van der Waals surface area contributed by atoms with Gasteiger partial charge in [-0.2, -0.15) is 0 Å². The molecule has 4 nitrogen and oxygen atoms in total. The average molecular weight is 274 g/mol. The number of thioether (sulfide) groups is 1. The second kappa shape index (κ2) is 5.57. The van der Waals surface area contributed by atoms with Crippen LogP contribution in [0.1, 0.15) is 28.2 Å². The van der Waals surface area contributed by atoms with Crippen LogP contribution in [0.4, 0.5) is 5.69 Å². The van der Waals surface area contributed by atoms with E-state index in [1.54, 1.807) is 11.8 Å². The van der Waals surface area contributed by atoms with Crippen molar-refractivity contribution in [2.75, 3.05) is 5.73 Å². The molecule has 0 aliphatic carbocycles. The third-order valence-electron chi connectivity index (χ3n) is 2.98. The van der Waals surface area contributed by atoms with Crippen LogP contribution in [0.25, 0.3) is 0 Å². The normalized spacial score (nSPS) is 10.7. The van der Waals surface area contributed by atoms with Gasteiger partial charge in [-0.05, 0) is 44.9 Å². The lowest BCUT2D eigenvalue weighted by atomic mass is 10.1. The van der Waals surface area contributed by atoms with Gasteiger partial charge < -0.3 is 5.73 Å². The number of anilines is 1. The van der Waals surface area contributed by atoms with Crippen LogP contribution in [-0.2, 0) is 5.75 Å². The number of aryl methyl sites for hydroxylation is 3. The van der Waals surface area contributed by atoms with Crippen LogP contribution in [0.5, 0.6) is 0 Å². The van der Waals surface area contributed by atoms with Crippen molar-refractivity contribution in [1.29, 1.82) is 0 Å². The summed E-state index contributed by atoms with van der Waals surface area (Å²) in [5.41, 5.74) is 11.9. The molecule has 5 heteroatoms. The molecule has 0 saturated carbocycles. The highest BCUT2D eigenvalue weighted by molar-refractivity contribution is 7.98. The number of pyridine rings is 1. The highest BCUT2D eigenvalue weighted by Gasteiger charge is 2.08. The summed E-state index contributed by atoms with van der Waals surface area (Å²) in [5, 5.41) is 0.790. The smallest absolute Gasteiger partial charge is 0.188 e. The van der Waals surface area contributed by atoms with Crippen LogP contribution in [-0.4, -0.2) is 15.0 Å². The molecular formula is C14H18N4S. The molecule has 0 atom stereocenters. The van der Waals surface area contributed by atoms with Gasteiger partial charge in [0, 0.05) is 29.0 Å². The molecule has 2 N–H and O–H groups in total. The van der Waals surface area contributed by atoms with E-state index in [2.05, 4.69) is 15.0 Å². The quantitative estimate of drug-likeness (QED) is 0.688. The maximum absolute atomic E-state index is 6.02. The van der Waals surface area contributed by atoms with Crippen LogP contribution in [0.3, 0.4) is 0 Å². The largest absolute Gasteiger partial charge is 0.398 e. The zero-order valence-corrected chi connectivity index (χ0v) is 12.5. The molecule has 0 aliphatic rings. The van der Waals surface area contributed by atoms with Crippen molar-refractivity contribution < 1.29 is 0 Å². The Labute approximate surface area is 117 Å². The molecule has 0 saturated heterocycles. The number of nitrogens with two attached hydrogens (primary N) is 1. The zero-order valence-electron chi connectivity index (χ0n) is 11.7. The summed E-state index contributed by atoms with van der Waals surface area (Å²) in [7, 11) is 0. The third-order valence-corrected chi connectivity index (χ3v) is 3.83. The van der Waals surface area contributed by atoms with E-state index < -0.39 is 0 Å². The zero-order chi connectivity index (χ0) is 14.0. The molecule has 0 amide bonds. The molecule has 0 bridgehead atoms. The first-order chi connectivity index (χ1) is 8.97. The minimum Gasteiger partial charge on any atom is -0.398 e. The van der Waals surface area contributed by atoms with Crippen molar-refractivity contribution in [3.05, 3.63) is 40.5 Å². The molecule has 0 fully saturated rings. The summed E-state index contributed by atoms with van der Waals surface area (Å²) in [6.45, 7) is 7.94. The highest BCUT2D eigenvalue weighted by Crippen LogP contribution is 2.24. The Kier molecular flexibility index (Phi) is 4.04. The van der Waals surface area contributed by atoms with Crippen LogP contribution in [0, 0.1) is 27.7 Å². The second-order valence-electron chi connectivity index (χ2n) is 4.65. The Bertz CT molecular complexity index is 590. The molecule has 2 rings (SSSR count). The molecule has 2 aromatic rings. The topological polar surface area (TPSA) is 64.7 Å². The molecular weight excluding hydrogens is 256 g/mol. The fourth-order valence-corrected chi connectivity index (χ4v) is 2.80. The summed E-state index contributed by atoms with van der Waals surface area (Å²) in [6.07, 6.45) is 1.82. The molecule has 2 heterocycles. The summed E-state index contributed by atoms with van der Waals surface area (Å²) >= 11 is 1.59. The number of hydrogen-bond donors (Lipinski definition) is 1. The van der Waals surface area contributed by atoms with Crippen molar-refractivity contribution in [3.8, 4) is 0 Å². The van der Waals surface area contributed by atoms with Gasteiger partial charge in [0.2, 0.25) is 0 Å². The van der Waals surface area contributed by atoms with Gasteiger partial charge in [0.15, 0.2) is 5.16 Å². The Hall–Kier alpha value is -1.62. The Morgan fingerprint density at radius 2 is 1.74 bits per heavy atom. The average Bonchev–Trinajstić information content (AvgIpc) is 2.34. The minimum atomic E-state index is 0.735. The first-order valence-corrected chi connectivity index (χ1v) is 7.11. The van der Waals surface area contributed by atoms with E-state index in [-0.39, 0.29) is 0 Å². The van der Waals surface area contributed by atoms with Crippen LogP contribution < -0.4 is 5.73 Å². The minimum absolute atomic E-state index is 0.735. The summed E-state index contributed by atoms with van der Waals surface area (Å²) in [4.78, 5) is 13.3. The van der Waals surface area contributed by atoms with E-state index in [9.17, 15) is 0 Å². The number of nitrogens with zero attached hydrogens (tertiary/aromatic N) is 3. The predicted molar refractivity (Wildman–Crippen MR) is 79.2 cm³/mol. The summed E-state index contributed by atoms with van der Waals surface area (Å²) in [6, 6.07) is 1.97. The van der Waals surface area contributed by atoms with Gasteiger partial charge in [-0.1, -0.05) is 11.8 Å². The highest BCUT2D eigenvalue weighted by atomic mass is 32.2. The van der Waals surface area contributed by atoms with Gasteiger partial charge in [0.25, 0.3) is 0 Å². The maximum Gasteiger partial charge on any atom is 0.188 e. The van der Waals surface area contributed by atoms with Crippen molar-refractivity contribution in [1.82, 2.24) is 15.0 Å². The van der Waals surface area contributed by atoms with E-state index >= 15 is 0 Å². The Morgan fingerprint density at radius 3 is 2.37 bits per heavy atom. The molecule has 19 heavy (non-hydrogen) atoms. The summed E-state index contributed by atoms with van der Waals surface area (Å²) in [5.74, 6) is 0.735. The van der Waals surface area contributed by atoms with Gasteiger partial charge in [-0.3, -0.25) is 4.98 Å². The van der Waals surface area contributed by atoms with Gasteiger partial charge in [0.1, 0.15) is 0 Å². The first-order valence-electron chi connectivity index (χ1n) is 6.13.